The molecule has 3 aromatic carbocycles. The molecule has 0 unspecified atom stereocenters. The van der Waals surface area contributed by atoms with Crippen LogP contribution in [-0.2, 0) is 4.79 Å². The molecule has 0 saturated heterocycles. The molecule has 2 amide bonds. The van der Waals surface area contributed by atoms with E-state index in [0.29, 0.717) is 5.56 Å². The summed E-state index contributed by atoms with van der Waals surface area (Å²) >= 11 is 6.02. The molecule has 12 heteroatoms. The molecule has 0 saturated carbocycles. The highest BCUT2D eigenvalue weighted by atomic mass is 35.5. The van der Waals surface area contributed by atoms with Crippen LogP contribution in [0.15, 0.2) is 66.4 Å². The SMILES string of the molecule is Cc1ccc(NC(=O)/C(=C/c2cccc([N+](=O)[O-])c2)NC(=O)c2cc([N+](=O)[O-])ccc2Cl)cc1F. The molecular weight excluding hydrogens is 483 g/mol. The van der Waals surface area contributed by atoms with E-state index in [2.05, 4.69) is 10.6 Å². The Kier molecular flexibility index (Phi) is 7.52. The summed E-state index contributed by atoms with van der Waals surface area (Å²) in [5.74, 6) is -2.39. The van der Waals surface area contributed by atoms with E-state index < -0.39 is 33.2 Å². The summed E-state index contributed by atoms with van der Waals surface area (Å²) in [7, 11) is 0. The van der Waals surface area contributed by atoms with Crippen LogP contribution in [0.4, 0.5) is 21.5 Å². The van der Waals surface area contributed by atoms with Crippen LogP contribution in [-0.4, -0.2) is 21.7 Å². The first-order valence-corrected chi connectivity index (χ1v) is 10.2. The summed E-state index contributed by atoms with van der Waals surface area (Å²) in [6.07, 6.45) is 1.16. The Morgan fingerprint density at radius 2 is 1.66 bits per heavy atom. The van der Waals surface area contributed by atoms with Crippen LogP contribution < -0.4 is 10.6 Å². The lowest BCUT2D eigenvalue weighted by Gasteiger charge is -2.12. The van der Waals surface area contributed by atoms with E-state index >= 15 is 0 Å². The monoisotopic (exact) mass is 498 g/mol. The number of nitro benzene ring substituents is 2. The number of nitrogens with one attached hydrogen (secondary N) is 2. The molecule has 0 aliphatic rings. The highest BCUT2D eigenvalue weighted by Crippen LogP contribution is 2.23. The van der Waals surface area contributed by atoms with E-state index in [1.807, 2.05) is 0 Å². The summed E-state index contributed by atoms with van der Waals surface area (Å²) in [6, 6.07) is 12.4. The molecule has 0 fully saturated rings. The summed E-state index contributed by atoms with van der Waals surface area (Å²) in [4.78, 5) is 46.6. The number of halogens is 2. The predicted octanol–water partition coefficient (Wildman–Crippen LogP) is 5.01. The molecule has 0 atom stereocenters. The van der Waals surface area contributed by atoms with Crippen molar-refractivity contribution >= 4 is 46.6 Å². The van der Waals surface area contributed by atoms with Gasteiger partial charge in [0, 0.05) is 30.0 Å². The van der Waals surface area contributed by atoms with Gasteiger partial charge >= 0.3 is 0 Å². The van der Waals surface area contributed by atoms with Crippen molar-refractivity contribution in [3.8, 4) is 0 Å². The zero-order valence-electron chi connectivity index (χ0n) is 18.0. The van der Waals surface area contributed by atoms with Crippen molar-refractivity contribution in [2.75, 3.05) is 5.32 Å². The minimum atomic E-state index is -0.944. The third-order valence-electron chi connectivity index (χ3n) is 4.72. The summed E-state index contributed by atoms with van der Waals surface area (Å²) < 4.78 is 13.9. The van der Waals surface area contributed by atoms with Gasteiger partial charge in [0.05, 0.1) is 20.4 Å². The molecule has 0 radical (unpaired) electrons. The quantitative estimate of drug-likeness (QED) is 0.266. The number of carbonyl (C=O) groups is 2. The van der Waals surface area contributed by atoms with Crippen molar-refractivity contribution in [1.82, 2.24) is 5.32 Å². The van der Waals surface area contributed by atoms with E-state index in [1.54, 1.807) is 0 Å². The highest BCUT2D eigenvalue weighted by molar-refractivity contribution is 6.34. The Labute approximate surface area is 202 Å². The molecule has 0 aliphatic heterocycles. The smallest absolute Gasteiger partial charge is 0.272 e. The fourth-order valence-corrected chi connectivity index (χ4v) is 3.12. The number of amides is 2. The zero-order valence-corrected chi connectivity index (χ0v) is 18.7. The third kappa shape index (κ3) is 6.24. The number of benzene rings is 3. The van der Waals surface area contributed by atoms with Crippen LogP contribution in [0.5, 0.6) is 0 Å². The van der Waals surface area contributed by atoms with Gasteiger partial charge in [-0.05, 0) is 42.3 Å². The minimum absolute atomic E-state index is 0.0886. The number of anilines is 1. The Hall–Kier alpha value is -4.64. The maximum Gasteiger partial charge on any atom is 0.272 e. The molecule has 0 bridgehead atoms. The van der Waals surface area contributed by atoms with Gasteiger partial charge in [-0.1, -0.05) is 29.8 Å². The molecule has 0 heterocycles. The molecule has 3 aromatic rings. The van der Waals surface area contributed by atoms with Crippen LogP contribution in [0.25, 0.3) is 6.08 Å². The van der Waals surface area contributed by atoms with E-state index in [4.69, 9.17) is 11.6 Å². The Balaban J connectivity index is 2.00. The number of carbonyl (C=O) groups excluding carboxylic acids is 2. The van der Waals surface area contributed by atoms with Gasteiger partial charge in [-0.25, -0.2) is 4.39 Å². The van der Waals surface area contributed by atoms with Crippen molar-refractivity contribution < 1.29 is 23.8 Å². The van der Waals surface area contributed by atoms with Crippen LogP contribution in [0.1, 0.15) is 21.5 Å². The number of non-ortho nitro benzene ring substituents is 2. The molecular formula is C23H16ClFN4O6. The van der Waals surface area contributed by atoms with Crippen molar-refractivity contribution in [2.24, 2.45) is 0 Å². The molecule has 10 nitrogen and oxygen atoms in total. The van der Waals surface area contributed by atoms with Gasteiger partial charge in [-0.2, -0.15) is 0 Å². The lowest BCUT2D eigenvalue weighted by atomic mass is 10.1. The van der Waals surface area contributed by atoms with Gasteiger partial charge < -0.3 is 10.6 Å². The van der Waals surface area contributed by atoms with Gasteiger partial charge in [0.25, 0.3) is 23.2 Å². The van der Waals surface area contributed by atoms with Crippen LogP contribution in [0.2, 0.25) is 5.02 Å². The average Bonchev–Trinajstić information content (AvgIpc) is 2.81. The Morgan fingerprint density at radius 1 is 0.971 bits per heavy atom. The zero-order chi connectivity index (χ0) is 25.7. The maximum atomic E-state index is 13.9. The third-order valence-corrected chi connectivity index (χ3v) is 5.05. The van der Waals surface area contributed by atoms with Gasteiger partial charge in [-0.3, -0.25) is 29.8 Å². The lowest BCUT2D eigenvalue weighted by molar-refractivity contribution is -0.385. The largest absolute Gasteiger partial charge is 0.321 e. The van der Waals surface area contributed by atoms with Crippen LogP contribution in [0, 0.1) is 33.0 Å². The fraction of sp³-hybridized carbons (Fsp3) is 0.0435. The second-order valence-electron chi connectivity index (χ2n) is 7.20. The number of rotatable bonds is 7. The molecule has 0 aliphatic carbocycles. The lowest BCUT2D eigenvalue weighted by Crippen LogP contribution is -2.31. The van der Waals surface area contributed by atoms with Gasteiger partial charge in [0.15, 0.2) is 0 Å². The highest BCUT2D eigenvalue weighted by Gasteiger charge is 2.20. The number of nitrogens with zero attached hydrogens (tertiary/aromatic N) is 2. The first kappa shape index (κ1) is 25.0. The number of hydrogen-bond acceptors (Lipinski definition) is 6. The van der Waals surface area contributed by atoms with Gasteiger partial charge in [0.1, 0.15) is 11.5 Å². The summed E-state index contributed by atoms with van der Waals surface area (Å²) in [5, 5.41) is 26.8. The van der Waals surface area contributed by atoms with E-state index in [-0.39, 0.29) is 33.2 Å². The molecule has 0 aromatic heterocycles. The topological polar surface area (TPSA) is 144 Å². The predicted molar refractivity (Wildman–Crippen MR) is 126 cm³/mol. The Morgan fingerprint density at radius 3 is 2.31 bits per heavy atom. The molecule has 178 valence electrons. The van der Waals surface area contributed by atoms with Gasteiger partial charge in [-0.15, -0.1) is 0 Å². The van der Waals surface area contributed by atoms with E-state index in [0.717, 1.165) is 30.3 Å². The minimum Gasteiger partial charge on any atom is -0.321 e. The standard InChI is InChI=1S/C23H16ClFN4O6/c1-13-5-6-15(11-20(13)25)26-23(31)21(10-14-3-2-4-16(9-14)28(32)33)27-22(30)18-12-17(29(34)35)7-8-19(18)24/h2-12H,1H3,(H,26,31)(H,27,30)/b21-10-. The average molecular weight is 499 g/mol. The fourth-order valence-electron chi connectivity index (χ4n) is 2.91. The van der Waals surface area contributed by atoms with Gasteiger partial charge in [0.2, 0.25) is 0 Å². The maximum absolute atomic E-state index is 13.9. The van der Waals surface area contributed by atoms with Crippen molar-refractivity contribution in [1.29, 1.82) is 0 Å². The number of nitro groups is 2. The molecule has 3 rings (SSSR count). The summed E-state index contributed by atoms with van der Waals surface area (Å²) in [6.45, 7) is 1.54. The molecule has 2 N–H and O–H groups in total. The van der Waals surface area contributed by atoms with E-state index in [1.165, 1.54) is 43.3 Å². The summed E-state index contributed by atoms with van der Waals surface area (Å²) in [5.41, 5.74) is -0.672. The first-order chi connectivity index (χ1) is 16.5. The first-order valence-electron chi connectivity index (χ1n) is 9.84. The van der Waals surface area contributed by atoms with Crippen molar-refractivity contribution in [2.45, 2.75) is 6.92 Å². The van der Waals surface area contributed by atoms with Crippen LogP contribution in [0.3, 0.4) is 0 Å². The van der Waals surface area contributed by atoms with Crippen molar-refractivity contribution in [3.05, 3.63) is 114 Å². The second kappa shape index (κ2) is 10.5. The van der Waals surface area contributed by atoms with Crippen LogP contribution >= 0.6 is 11.6 Å². The number of aryl methyl sites for hydroxylation is 1. The van der Waals surface area contributed by atoms with E-state index in [9.17, 15) is 34.2 Å². The molecule has 0 spiro atoms. The Bertz CT molecular complexity index is 1390. The van der Waals surface area contributed by atoms with Crippen molar-refractivity contribution in [3.63, 3.8) is 0 Å². The normalized spacial score (nSPS) is 11.0. The molecule has 35 heavy (non-hydrogen) atoms. The number of hydrogen-bond donors (Lipinski definition) is 2. The second-order valence-corrected chi connectivity index (χ2v) is 7.61.